The van der Waals surface area contributed by atoms with Crippen LogP contribution in [0.5, 0.6) is 23.0 Å². The second kappa shape index (κ2) is 26.3. The number of anilines is 1. The Hall–Kier alpha value is -6.41. The van der Waals surface area contributed by atoms with Crippen LogP contribution in [0.1, 0.15) is 54.7 Å². The molecule has 0 saturated carbocycles. The van der Waals surface area contributed by atoms with Gasteiger partial charge in [-0.2, -0.15) is 32.2 Å². The molecule has 0 atom stereocenters. The van der Waals surface area contributed by atoms with Crippen molar-refractivity contribution in [3.8, 4) is 23.0 Å². The van der Waals surface area contributed by atoms with Crippen molar-refractivity contribution in [2.75, 3.05) is 18.5 Å². The Balaban J connectivity index is 0.000000246. The van der Waals surface area contributed by atoms with Crippen LogP contribution in [0.15, 0.2) is 169 Å². The molecular formula is C54H46BaCl2N6O12S2. The molecule has 1 amide bonds. The first kappa shape index (κ1) is 59.8. The van der Waals surface area contributed by atoms with E-state index >= 15 is 0 Å². The molecule has 8 aromatic rings. The van der Waals surface area contributed by atoms with Crippen LogP contribution in [0.3, 0.4) is 0 Å². The number of phenols is 1. The van der Waals surface area contributed by atoms with Gasteiger partial charge in [-0.3, -0.25) is 18.9 Å². The second-order valence-electron chi connectivity index (χ2n) is 16.2. The van der Waals surface area contributed by atoms with Crippen LogP contribution in [0.4, 0.5) is 34.1 Å². The number of phenolic OH excluding ortho intramolecular Hbond substituents is 1. The molecule has 0 unspecified atom stereocenters. The van der Waals surface area contributed by atoms with Crippen molar-refractivity contribution in [2.24, 2.45) is 25.4 Å². The summed E-state index contributed by atoms with van der Waals surface area (Å²) in [5, 5.41) is 59.2. The molecule has 23 heteroatoms. The number of rotatable bonds is 16. The average Bonchev–Trinajstić information content (AvgIpc) is 3.39. The molecule has 4 N–H and O–H groups in total. The maximum atomic E-state index is 13.4. The first-order valence-electron chi connectivity index (χ1n) is 23.2. The summed E-state index contributed by atoms with van der Waals surface area (Å²) in [7, 11) is -9.08. The maximum Gasteiger partial charge on any atom is 2.00 e. The molecule has 77 heavy (non-hydrogen) atoms. The van der Waals surface area contributed by atoms with Crippen LogP contribution >= 0.6 is 23.2 Å². The fourth-order valence-corrected chi connectivity index (χ4v) is 10.2. The Bertz CT molecular complexity index is 3860. The number of ether oxygens (including phenoxy) is 2. The zero-order valence-electron chi connectivity index (χ0n) is 41.6. The first-order chi connectivity index (χ1) is 36.3. The number of amides is 1. The summed E-state index contributed by atoms with van der Waals surface area (Å²) in [6.45, 7) is 7.90. The van der Waals surface area contributed by atoms with Gasteiger partial charge in [0.15, 0.2) is 5.75 Å². The fourth-order valence-electron chi connectivity index (χ4n) is 7.84. The number of nitrogens with zero attached hydrogens (tertiary/aromatic N) is 5. The summed E-state index contributed by atoms with van der Waals surface area (Å²) >= 11 is 12.4. The predicted octanol–water partition coefficient (Wildman–Crippen LogP) is 12.3. The van der Waals surface area contributed by atoms with E-state index in [1.165, 1.54) is 18.2 Å². The molecule has 0 aliphatic carbocycles. The molecule has 0 radical (unpaired) electrons. The number of aromatic hydroxyl groups is 1. The second-order valence-corrected chi connectivity index (χ2v) is 19.7. The van der Waals surface area contributed by atoms with Gasteiger partial charge < -0.3 is 30.1 Å². The average molecular weight is 1240 g/mol. The van der Waals surface area contributed by atoms with Gasteiger partial charge in [-0.15, -0.1) is 5.11 Å². The molecule has 0 bridgehead atoms. The summed E-state index contributed by atoms with van der Waals surface area (Å²) in [4.78, 5) is 16.5. The van der Waals surface area contributed by atoms with Gasteiger partial charge in [0.2, 0.25) is 0 Å². The van der Waals surface area contributed by atoms with Crippen LogP contribution in [-0.2, 0) is 33.1 Å². The summed E-state index contributed by atoms with van der Waals surface area (Å²) in [5.41, 5.74) is 1.58. The number of azo groups is 2. The third-order valence-corrected chi connectivity index (χ3v) is 14.3. The quantitative estimate of drug-likeness (QED) is 0.0231. The van der Waals surface area contributed by atoms with Crippen molar-refractivity contribution >= 4 is 160 Å². The standard InChI is InChI=1S/2C27H24ClN3O6S.Ba/c2*1-3-17-20(13-14-23(24(17)28)38(34,35)36)30-31-25-18-10-6-5-9-16(18)15-19(26(25)32)27(33)29-21-11-7-8-12-22(21)37-4-2;/h2*5-15,32H,3-4H2,1-2H3,(H,29,33)(H,34,35,36);/q;;+2/p-2. The Morgan fingerprint density at radius 3 is 1.58 bits per heavy atom. The van der Waals surface area contributed by atoms with Gasteiger partial charge in [0, 0.05) is 10.8 Å². The summed E-state index contributed by atoms with van der Waals surface area (Å²) in [6.07, 6.45) is 0.573. The minimum Gasteiger partial charge on any atom is -0.871 e. The van der Waals surface area contributed by atoms with Crippen LogP contribution in [0, 0.1) is 0 Å². The van der Waals surface area contributed by atoms with Gasteiger partial charge in [-0.1, -0.05) is 116 Å². The van der Waals surface area contributed by atoms with Crippen LogP contribution < -0.4 is 25.0 Å². The van der Waals surface area contributed by atoms with E-state index in [9.17, 15) is 46.1 Å². The van der Waals surface area contributed by atoms with E-state index in [0.717, 1.165) is 12.1 Å². The van der Waals surface area contributed by atoms with Gasteiger partial charge in [0.05, 0.1) is 51.6 Å². The first-order valence-corrected chi connectivity index (χ1v) is 26.8. The van der Waals surface area contributed by atoms with Crippen molar-refractivity contribution in [3.05, 3.63) is 166 Å². The van der Waals surface area contributed by atoms with E-state index in [1.807, 2.05) is 13.8 Å². The van der Waals surface area contributed by atoms with E-state index in [2.05, 4.69) is 30.8 Å². The molecule has 0 spiro atoms. The molecule has 0 fully saturated rings. The molecule has 0 aliphatic heterocycles. The van der Waals surface area contributed by atoms with Crippen molar-refractivity contribution in [1.82, 2.24) is 0 Å². The van der Waals surface area contributed by atoms with Gasteiger partial charge in [0.25, 0.3) is 26.1 Å². The van der Waals surface area contributed by atoms with Crippen molar-refractivity contribution in [3.63, 3.8) is 0 Å². The maximum absolute atomic E-state index is 13.4. The van der Waals surface area contributed by atoms with Gasteiger partial charge in [-0.25, -0.2) is 0 Å². The van der Waals surface area contributed by atoms with Crippen molar-refractivity contribution in [2.45, 2.75) is 50.3 Å². The van der Waals surface area contributed by atoms with E-state index in [4.69, 9.17) is 32.7 Å². The van der Waals surface area contributed by atoms with Crippen LogP contribution in [0.25, 0.3) is 21.5 Å². The number of aliphatic imine (C=N–C) groups is 1. The molecule has 0 aromatic heterocycles. The van der Waals surface area contributed by atoms with Crippen molar-refractivity contribution < 1.29 is 55.5 Å². The number of nitrogens with one attached hydrogen (secondary N) is 1. The molecule has 8 rings (SSSR count). The number of hydrogen-bond acceptors (Lipinski definition) is 15. The number of para-hydroxylation sites is 4. The summed E-state index contributed by atoms with van der Waals surface area (Å²) < 4.78 is 76.5. The smallest absolute Gasteiger partial charge is 0.871 e. The molecule has 18 nitrogen and oxygen atoms in total. The van der Waals surface area contributed by atoms with Crippen LogP contribution in [0.2, 0.25) is 10.0 Å². The Morgan fingerprint density at radius 1 is 0.597 bits per heavy atom. The number of halogens is 2. The van der Waals surface area contributed by atoms with E-state index in [0.29, 0.717) is 69.5 Å². The minimum absolute atomic E-state index is 0. The van der Waals surface area contributed by atoms with Gasteiger partial charge >= 0.3 is 48.9 Å². The third-order valence-electron chi connectivity index (χ3n) is 11.4. The monoisotopic (exact) mass is 1240 g/mol. The third kappa shape index (κ3) is 13.8. The van der Waals surface area contributed by atoms with E-state index in [-0.39, 0.29) is 105 Å². The topological polar surface area (TPSA) is 284 Å². The molecule has 392 valence electrons. The molecular weight excluding hydrogens is 1200 g/mol. The molecule has 0 heterocycles. The zero-order chi connectivity index (χ0) is 54.9. The summed E-state index contributed by atoms with van der Waals surface area (Å²) in [5.74, 6) is -1.51. The SMILES string of the molecule is CCOc1ccccc1N=C([O-])c1cc2ccccc2c(N=Nc2ccc(S(=O)(=O)O)c(Cl)c2CC)c1[O-].CCOc1ccccc1NC(=O)c1cc2ccccc2c(N=Nc2ccc(S(=O)(=O)O)c(Cl)c2CC)c1O.[Ba+2]. The Labute approximate surface area is 493 Å². The van der Waals surface area contributed by atoms with E-state index in [1.54, 1.807) is 117 Å². The minimum atomic E-state index is -4.54. The number of benzene rings is 8. The number of carbonyl (C=O) groups is 1. The Kier molecular flexibility index (Phi) is 20.4. The van der Waals surface area contributed by atoms with Gasteiger partial charge in [0.1, 0.15) is 32.7 Å². The summed E-state index contributed by atoms with van der Waals surface area (Å²) in [6, 6.07) is 35.6. The van der Waals surface area contributed by atoms with Crippen molar-refractivity contribution in [1.29, 1.82) is 0 Å². The van der Waals surface area contributed by atoms with Gasteiger partial charge in [-0.05, 0) is 121 Å². The predicted molar refractivity (Wildman–Crippen MR) is 294 cm³/mol. The Morgan fingerprint density at radius 2 is 1.05 bits per heavy atom. The zero-order valence-corrected chi connectivity index (χ0v) is 49.1. The number of carbonyl (C=O) groups excluding carboxylic acids is 1. The molecule has 0 aliphatic rings. The molecule has 0 saturated heterocycles. The normalized spacial score (nSPS) is 11.9. The van der Waals surface area contributed by atoms with Crippen LogP contribution in [-0.4, -0.2) is 105 Å². The van der Waals surface area contributed by atoms with E-state index < -0.39 is 53.3 Å². The largest absolute Gasteiger partial charge is 2.00 e. The number of hydrogen-bond donors (Lipinski definition) is 4. The molecule has 8 aromatic carbocycles. The fraction of sp³-hybridized carbons (Fsp3) is 0.148. The number of fused-ring (bicyclic) bond motifs is 2.